The van der Waals surface area contributed by atoms with Gasteiger partial charge in [-0.1, -0.05) is 13.8 Å². The van der Waals surface area contributed by atoms with E-state index in [0.29, 0.717) is 24.8 Å². The van der Waals surface area contributed by atoms with Crippen molar-refractivity contribution in [1.82, 2.24) is 4.98 Å². The lowest BCUT2D eigenvalue weighted by Gasteiger charge is -2.19. The number of carbonyl (C=O) groups is 1. The van der Waals surface area contributed by atoms with Gasteiger partial charge in [-0.05, 0) is 49.8 Å². The van der Waals surface area contributed by atoms with Crippen LogP contribution in [0.5, 0.6) is 0 Å². The highest BCUT2D eigenvalue weighted by Gasteiger charge is 2.14. The Hall–Kier alpha value is -1.42. The van der Waals surface area contributed by atoms with Crippen LogP contribution in [-0.4, -0.2) is 17.4 Å². The maximum Gasteiger partial charge on any atom is 0.224 e. The van der Waals surface area contributed by atoms with Crippen LogP contribution in [-0.2, 0) is 4.79 Å². The smallest absolute Gasteiger partial charge is 0.224 e. The number of pyridine rings is 1. The van der Waals surface area contributed by atoms with Gasteiger partial charge in [-0.3, -0.25) is 9.78 Å². The number of rotatable bonds is 7. The number of hydrogen-bond donors (Lipinski definition) is 2. The number of aryl methyl sites for hydroxylation is 1. The molecule has 0 radical (unpaired) electrons. The van der Waals surface area contributed by atoms with Gasteiger partial charge < -0.3 is 11.1 Å². The van der Waals surface area contributed by atoms with Crippen molar-refractivity contribution in [1.29, 1.82) is 0 Å². The molecule has 0 bridgehead atoms. The summed E-state index contributed by atoms with van der Waals surface area (Å²) in [7, 11) is 0. The summed E-state index contributed by atoms with van der Waals surface area (Å²) in [5.74, 6) is 1.16. The van der Waals surface area contributed by atoms with Crippen LogP contribution in [0.4, 0.5) is 5.69 Å². The molecule has 1 rings (SSSR count). The Morgan fingerprint density at radius 3 is 2.74 bits per heavy atom. The molecule has 0 fully saturated rings. The predicted octanol–water partition coefficient (Wildman–Crippen LogP) is 2.73. The van der Waals surface area contributed by atoms with Gasteiger partial charge in [-0.15, -0.1) is 0 Å². The molecular formula is C15H25N3O. The van der Waals surface area contributed by atoms with Crippen LogP contribution >= 0.6 is 0 Å². The van der Waals surface area contributed by atoms with Crippen molar-refractivity contribution in [3.63, 3.8) is 0 Å². The van der Waals surface area contributed by atoms with E-state index in [-0.39, 0.29) is 5.91 Å². The monoisotopic (exact) mass is 263 g/mol. The van der Waals surface area contributed by atoms with E-state index < -0.39 is 0 Å². The molecule has 0 aliphatic rings. The molecule has 1 unspecified atom stereocenters. The highest BCUT2D eigenvalue weighted by Crippen LogP contribution is 2.21. The van der Waals surface area contributed by atoms with E-state index in [2.05, 4.69) is 24.1 Å². The van der Waals surface area contributed by atoms with E-state index in [9.17, 15) is 4.79 Å². The average Bonchev–Trinajstić information content (AvgIpc) is 2.37. The third-order valence-corrected chi connectivity index (χ3v) is 3.52. The molecule has 1 amide bonds. The standard InChI is InChI=1S/C15H25N3O/c1-11(2)13(6-8-16)4-5-15(19)18-14-7-9-17-10-12(14)3/h7,9-11,13H,4-6,8,16H2,1-3H3,(H,17,18,19). The van der Waals surface area contributed by atoms with Crippen molar-refractivity contribution in [2.45, 2.75) is 40.0 Å². The normalized spacial score (nSPS) is 12.5. The Balaban J connectivity index is 2.45. The largest absolute Gasteiger partial charge is 0.330 e. The maximum absolute atomic E-state index is 11.9. The van der Waals surface area contributed by atoms with Gasteiger partial charge in [0.1, 0.15) is 0 Å². The molecule has 106 valence electrons. The van der Waals surface area contributed by atoms with Gasteiger partial charge in [0.05, 0.1) is 0 Å². The fraction of sp³-hybridized carbons (Fsp3) is 0.600. The minimum absolute atomic E-state index is 0.0666. The number of aromatic nitrogens is 1. The number of nitrogens with zero attached hydrogens (tertiary/aromatic N) is 1. The number of anilines is 1. The van der Waals surface area contributed by atoms with E-state index in [4.69, 9.17) is 5.73 Å². The van der Waals surface area contributed by atoms with Crippen molar-refractivity contribution in [3.8, 4) is 0 Å². The second kappa shape index (κ2) is 7.89. The average molecular weight is 263 g/mol. The van der Waals surface area contributed by atoms with E-state index in [1.165, 1.54) is 0 Å². The van der Waals surface area contributed by atoms with Gasteiger partial charge in [0, 0.05) is 24.5 Å². The Morgan fingerprint density at radius 1 is 1.42 bits per heavy atom. The zero-order chi connectivity index (χ0) is 14.3. The lowest BCUT2D eigenvalue weighted by atomic mass is 9.88. The number of nitrogens with one attached hydrogen (secondary N) is 1. The van der Waals surface area contributed by atoms with Gasteiger partial charge in [-0.2, -0.15) is 0 Å². The zero-order valence-electron chi connectivity index (χ0n) is 12.1. The van der Waals surface area contributed by atoms with Gasteiger partial charge in [0.15, 0.2) is 0 Å². The van der Waals surface area contributed by atoms with Crippen LogP contribution in [0.25, 0.3) is 0 Å². The Bertz CT molecular complexity index is 404. The van der Waals surface area contributed by atoms with Gasteiger partial charge in [0.25, 0.3) is 0 Å². The van der Waals surface area contributed by atoms with Crippen molar-refractivity contribution < 1.29 is 4.79 Å². The molecular weight excluding hydrogens is 238 g/mol. The van der Waals surface area contributed by atoms with Crippen LogP contribution in [0, 0.1) is 18.8 Å². The van der Waals surface area contributed by atoms with Crippen LogP contribution in [0.1, 0.15) is 38.7 Å². The van der Waals surface area contributed by atoms with Crippen molar-refractivity contribution in [2.24, 2.45) is 17.6 Å². The quantitative estimate of drug-likeness (QED) is 0.794. The second-order valence-electron chi connectivity index (χ2n) is 5.36. The summed E-state index contributed by atoms with van der Waals surface area (Å²) in [5.41, 5.74) is 7.44. The topological polar surface area (TPSA) is 68.0 Å². The fourth-order valence-corrected chi connectivity index (χ4v) is 2.17. The van der Waals surface area contributed by atoms with E-state index in [1.807, 2.05) is 13.0 Å². The predicted molar refractivity (Wildman–Crippen MR) is 78.8 cm³/mol. The Labute approximate surface area is 115 Å². The summed E-state index contributed by atoms with van der Waals surface area (Å²) in [6, 6.07) is 1.83. The molecule has 4 heteroatoms. The molecule has 4 nitrogen and oxygen atoms in total. The second-order valence-corrected chi connectivity index (χ2v) is 5.36. The third kappa shape index (κ3) is 5.39. The SMILES string of the molecule is Cc1cnccc1NC(=O)CCC(CCN)C(C)C. The summed E-state index contributed by atoms with van der Waals surface area (Å²) < 4.78 is 0. The van der Waals surface area contributed by atoms with Crippen LogP contribution < -0.4 is 11.1 Å². The molecule has 0 spiro atoms. The Morgan fingerprint density at radius 2 is 2.16 bits per heavy atom. The molecule has 3 N–H and O–H groups in total. The number of carbonyl (C=O) groups excluding carboxylic acids is 1. The minimum atomic E-state index is 0.0666. The molecule has 0 aromatic carbocycles. The first-order chi connectivity index (χ1) is 9.04. The summed E-state index contributed by atoms with van der Waals surface area (Å²) in [5, 5.41) is 2.94. The first-order valence-corrected chi connectivity index (χ1v) is 6.95. The third-order valence-electron chi connectivity index (χ3n) is 3.52. The summed E-state index contributed by atoms with van der Waals surface area (Å²) in [6.45, 7) is 7.00. The minimum Gasteiger partial charge on any atom is -0.330 e. The molecule has 0 saturated heterocycles. The molecule has 0 aliphatic heterocycles. The lowest BCUT2D eigenvalue weighted by Crippen LogP contribution is -2.18. The molecule has 0 saturated carbocycles. The number of hydrogen-bond acceptors (Lipinski definition) is 3. The van der Waals surface area contributed by atoms with Crippen molar-refractivity contribution >= 4 is 11.6 Å². The highest BCUT2D eigenvalue weighted by atomic mass is 16.1. The highest BCUT2D eigenvalue weighted by molar-refractivity contribution is 5.91. The van der Waals surface area contributed by atoms with Crippen molar-refractivity contribution in [3.05, 3.63) is 24.0 Å². The van der Waals surface area contributed by atoms with Gasteiger partial charge in [-0.25, -0.2) is 0 Å². The lowest BCUT2D eigenvalue weighted by molar-refractivity contribution is -0.116. The van der Waals surface area contributed by atoms with E-state index in [1.54, 1.807) is 12.4 Å². The van der Waals surface area contributed by atoms with Crippen LogP contribution in [0.3, 0.4) is 0 Å². The summed E-state index contributed by atoms with van der Waals surface area (Å²) in [6.07, 6.45) is 5.86. The van der Waals surface area contributed by atoms with Gasteiger partial charge in [0.2, 0.25) is 5.91 Å². The molecule has 0 aliphatic carbocycles. The molecule has 1 atom stereocenters. The fourth-order valence-electron chi connectivity index (χ4n) is 2.17. The molecule has 1 aromatic rings. The van der Waals surface area contributed by atoms with Gasteiger partial charge >= 0.3 is 0 Å². The van der Waals surface area contributed by atoms with Crippen molar-refractivity contribution in [2.75, 3.05) is 11.9 Å². The number of amides is 1. The van der Waals surface area contributed by atoms with Crippen LogP contribution in [0.15, 0.2) is 18.5 Å². The Kier molecular flexibility index (Phi) is 6.50. The first-order valence-electron chi connectivity index (χ1n) is 6.95. The number of nitrogens with two attached hydrogens (primary N) is 1. The molecule has 19 heavy (non-hydrogen) atoms. The molecule has 1 aromatic heterocycles. The van der Waals surface area contributed by atoms with Crippen LogP contribution in [0.2, 0.25) is 0 Å². The zero-order valence-corrected chi connectivity index (χ0v) is 12.1. The summed E-state index contributed by atoms with van der Waals surface area (Å²) in [4.78, 5) is 15.9. The van der Waals surface area contributed by atoms with E-state index >= 15 is 0 Å². The summed E-state index contributed by atoms with van der Waals surface area (Å²) >= 11 is 0. The van der Waals surface area contributed by atoms with E-state index in [0.717, 1.165) is 24.1 Å². The first kappa shape index (κ1) is 15.6. The molecule has 1 heterocycles. The maximum atomic E-state index is 11.9.